The highest BCUT2D eigenvalue weighted by Crippen LogP contribution is 2.21. The first kappa shape index (κ1) is 17.5. The highest BCUT2D eigenvalue weighted by atomic mass is 16.5. The molecule has 1 N–H and O–H groups in total. The Morgan fingerprint density at radius 2 is 1.64 bits per heavy atom. The number of hydrogen-bond acceptors (Lipinski definition) is 4. The average molecular weight is 370 g/mol. The quantitative estimate of drug-likeness (QED) is 0.583. The molecule has 0 saturated heterocycles. The normalized spacial score (nSPS) is 11.2. The molecule has 0 saturated carbocycles. The zero-order valence-electron chi connectivity index (χ0n) is 15.2. The van der Waals surface area contributed by atoms with Crippen LogP contribution in [0.15, 0.2) is 77.6 Å². The average Bonchev–Trinajstić information content (AvgIpc) is 2.73. The highest BCUT2D eigenvalue weighted by Gasteiger charge is 2.11. The Bertz CT molecular complexity index is 1220. The molecular weight excluding hydrogens is 352 g/mol. The van der Waals surface area contributed by atoms with Crippen LogP contribution < -0.4 is 10.3 Å². The number of aromatic nitrogens is 2. The van der Waals surface area contributed by atoms with Crippen LogP contribution in [0.3, 0.4) is 0 Å². The van der Waals surface area contributed by atoms with Gasteiger partial charge in [-0.25, -0.2) is 4.98 Å². The predicted molar refractivity (Wildman–Crippen MR) is 111 cm³/mol. The van der Waals surface area contributed by atoms with Crippen LogP contribution in [0.4, 0.5) is 0 Å². The second-order valence-corrected chi connectivity index (χ2v) is 6.22. The van der Waals surface area contributed by atoms with E-state index in [-0.39, 0.29) is 11.3 Å². The summed E-state index contributed by atoms with van der Waals surface area (Å²) in [5.41, 5.74) is 1.79. The number of para-hydroxylation sites is 2. The lowest BCUT2D eigenvalue weighted by atomic mass is 10.2. The Labute approximate surface area is 161 Å². The maximum Gasteiger partial charge on any atom is 0.266 e. The summed E-state index contributed by atoms with van der Waals surface area (Å²) in [5, 5.41) is 10.5. The minimum atomic E-state index is -0.160. The van der Waals surface area contributed by atoms with Gasteiger partial charge in [0, 0.05) is 5.56 Å². The fourth-order valence-electron chi connectivity index (χ4n) is 3.04. The van der Waals surface area contributed by atoms with Gasteiger partial charge in [-0.2, -0.15) is 0 Å². The van der Waals surface area contributed by atoms with Crippen molar-refractivity contribution in [1.29, 1.82) is 0 Å². The van der Waals surface area contributed by atoms with Crippen molar-refractivity contribution >= 4 is 23.1 Å². The van der Waals surface area contributed by atoms with Crippen LogP contribution in [0.25, 0.3) is 28.7 Å². The molecule has 0 spiro atoms. The van der Waals surface area contributed by atoms with Gasteiger partial charge in [-0.05, 0) is 54.6 Å². The molecule has 0 atom stereocenters. The molecule has 5 heteroatoms. The van der Waals surface area contributed by atoms with Crippen molar-refractivity contribution in [2.75, 3.05) is 7.11 Å². The van der Waals surface area contributed by atoms with Crippen LogP contribution in [0, 0.1) is 0 Å². The van der Waals surface area contributed by atoms with Crippen LogP contribution in [0.1, 0.15) is 11.4 Å². The van der Waals surface area contributed by atoms with E-state index in [4.69, 9.17) is 4.74 Å². The molecule has 1 aromatic heterocycles. The SMILES string of the molecule is COc1ccc(-n2c(/C=C/c3ccccc3O)nc3ccccc3c2=O)cc1. The van der Waals surface area contributed by atoms with Crippen molar-refractivity contribution in [3.05, 3.63) is 94.5 Å². The number of methoxy groups -OCH3 is 1. The third kappa shape index (κ3) is 3.25. The van der Waals surface area contributed by atoms with Gasteiger partial charge in [-0.3, -0.25) is 9.36 Å². The van der Waals surface area contributed by atoms with Gasteiger partial charge in [0.1, 0.15) is 17.3 Å². The molecule has 0 aliphatic rings. The molecule has 5 nitrogen and oxygen atoms in total. The lowest BCUT2D eigenvalue weighted by molar-refractivity contribution is 0.414. The lowest BCUT2D eigenvalue weighted by Crippen LogP contribution is -2.22. The Kier molecular flexibility index (Phi) is 4.64. The number of fused-ring (bicyclic) bond motifs is 1. The van der Waals surface area contributed by atoms with Gasteiger partial charge < -0.3 is 9.84 Å². The summed E-state index contributed by atoms with van der Waals surface area (Å²) < 4.78 is 6.76. The van der Waals surface area contributed by atoms with Crippen molar-refractivity contribution in [1.82, 2.24) is 9.55 Å². The van der Waals surface area contributed by atoms with Crippen LogP contribution in [0.2, 0.25) is 0 Å². The van der Waals surface area contributed by atoms with E-state index in [0.717, 1.165) is 0 Å². The van der Waals surface area contributed by atoms with E-state index in [9.17, 15) is 9.90 Å². The van der Waals surface area contributed by atoms with E-state index in [1.165, 1.54) is 0 Å². The number of hydrogen-bond donors (Lipinski definition) is 1. The molecule has 138 valence electrons. The molecule has 0 aliphatic heterocycles. The predicted octanol–water partition coefficient (Wildman–Crippen LogP) is 4.27. The third-order valence-corrected chi connectivity index (χ3v) is 4.48. The summed E-state index contributed by atoms with van der Waals surface area (Å²) in [6, 6.07) is 21.5. The zero-order valence-corrected chi connectivity index (χ0v) is 15.2. The number of phenolic OH excluding ortho intramolecular Hbond substituents is 1. The smallest absolute Gasteiger partial charge is 0.266 e. The Morgan fingerprint density at radius 1 is 0.929 bits per heavy atom. The molecule has 0 radical (unpaired) electrons. The van der Waals surface area contributed by atoms with E-state index in [2.05, 4.69) is 4.98 Å². The molecule has 0 bridgehead atoms. The van der Waals surface area contributed by atoms with E-state index in [1.807, 2.05) is 36.4 Å². The maximum absolute atomic E-state index is 13.2. The summed E-state index contributed by atoms with van der Waals surface area (Å²) in [4.78, 5) is 17.9. The summed E-state index contributed by atoms with van der Waals surface area (Å²) in [6.45, 7) is 0. The summed E-state index contributed by atoms with van der Waals surface area (Å²) in [7, 11) is 1.60. The van der Waals surface area contributed by atoms with Crippen LogP contribution in [0.5, 0.6) is 11.5 Å². The topological polar surface area (TPSA) is 64.3 Å². The second kappa shape index (κ2) is 7.40. The zero-order chi connectivity index (χ0) is 19.5. The van der Waals surface area contributed by atoms with E-state index < -0.39 is 0 Å². The van der Waals surface area contributed by atoms with E-state index >= 15 is 0 Å². The number of benzene rings is 3. The molecule has 1 heterocycles. The molecule has 0 fully saturated rings. The molecular formula is C23H18N2O3. The van der Waals surface area contributed by atoms with Crippen molar-refractivity contribution in [3.8, 4) is 17.2 Å². The Hall–Kier alpha value is -3.86. The van der Waals surface area contributed by atoms with Crippen molar-refractivity contribution in [2.24, 2.45) is 0 Å². The Morgan fingerprint density at radius 3 is 2.39 bits per heavy atom. The van der Waals surface area contributed by atoms with Gasteiger partial charge in [0.25, 0.3) is 5.56 Å². The van der Waals surface area contributed by atoms with E-state index in [0.29, 0.717) is 33.7 Å². The lowest BCUT2D eigenvalue weighted by Gasteiger charge is -2.12. The standard InChI is InChI=1S/C23H18N2O3/c1-28-18-13-11-17(12-14-18)25-22(15-10-16-6-2-5-9-21(16)26)24-20-8-4-3-7-19(20)23(25)27/h2-15,26H,1H3/b15-10+. The fraction of sp³-hybridized carbons (Fsp3) is 0.0435. The largest absolute Gasteiger partial charge is 0.507 e. The van der Waals surface area contributed by atoms with Gasteiger partial charge >= 0.3 is 0 Å². The second-order valence-electron chi connectivity index (χ2n) is 6.22. The van der Waals surface area contributed by atoms with E-state index in [1.54, 1.807) is 60.2 Å². The Balaban J connectivity index is 1.93. The summed E-state index contributed by atoms with van der Waals surface area (Å²) >= 11 is 0. The minimum absolute atomic E-state index is 0.160. The molecule has 0 unspecified atom stereocenters. The summed E-state index contributed by atoms with van der Waals surface area (Å²) in [6.07, 6.45) is 3.47. The highest BCUT2D eigenvalue weighted by molar-refractivity contribution is 5.80. The first-order valence-corrected chi connectivity index (χ1v) is 8.79. The summed E-state index contributed by atoms with van der Waals surface area (Å²) in [5.74, 6) is 1.34. The van der Waals surface area contributed by atoms with Crippen molar-refractivity contribution in [3.63, 3.8) is 0 Å². The minimum Gasteiger partial charge on any atom is -0.507 e. The van der Waals surface area contributed by atoms with Gasteiger partial charge in [0.15, 0.2) is 0 Å². The molecule has 4 aromatic rings. The molecule has 4 rings (SSSR count). The van der Waals surface area contributed by atoms with Gasteiger partial charge in [-0.15, -0.1) is 0 Å². The van der Waals surface area contributed by atoms with Crippen LogP contribution in [-0.4, -0.2) is 21.8 Å². The third-order valence-electron chi connectivity index (χ3n) is 4.48. The van der Waals surface area contributed by atoms with Gasteiger partial charge in [-0.1, -0.05) is 30.3 Å². The first-order chi connectivity index (χ1) is 13.7. The first-order valence-electron chi connectivity index (χ1n) is 8.79. The number of phenols is 1. The number of nitrogens with zero attached hydrogens (tertiary/aromatic N) is 2. The van der Waals surface area contributed by atoms with Crippen molar-refractivity contribution < 1.29 is 9.84 Å². The van der Waals surface area contributed by atoms with Crippen LogP contribution >= 0.6 is 0 Å². The molecule has 0 amide bonds. The number of ether oxygens (including phenoxy) is 1. The molecule has 28 heavy (non-hydrogen) atoms. The van der Waals surface area contributed by atoms with Gasteiger partial charge in [0.2, 0.25) is 0 Å². The maximum atomic E-state index is 13.2. The fourth-order valence-corrected chi connectivity index (χ4v) is 3.04. The number of aromatic hydroxyl groups is 1. The number of rotatable bonds is 4. The molecule has 0 aliphatic carbocycles. The van der Waals surface area contributed by atoms with Crippen molar-refractivity contribution in [2.45, 2.75) is 0 Å². The monoisotopic (exact) mass is 370 g/mol. The van der Waals surface area contributed by atoms with Crippen LogP contribution in [-0.2, 0) is 0 Å². The molecule has 3 aromatic carbocycles. The van der Waals surface area contributed by atoms with Gasteiger partial charge in [0.05, 0.1) is 23.7 Å².